The van der Waals surface area contributed by atoms with E-state index in [-0.39, 0.29) is 17.9 Å². The normalized spacial score (nSPS) is 23.9. The molecule has 0 amide bonds. The van der Waals surface area contributed by atoms with E-state index >= 15 is 0 Å². The summed E-state index contributed by atoms with van der Waals surface area (Å²) >= 11 is 0. The number of hydrogen-bond acceptors (Lipinski definition) is 4. The number of rotatable bonds is 4. The second kappa shape index (κ2) is 5.48. The van der Waals surface area contributed by atoms with Crippen LogP contribution in [0.2, 0.25) is 0 Å². The van der Waals surface area contributed by atoms with E-state index in [1.807, 2.05) is 6.92 Å². The molecular formula is C13H20N2O3S. The number of hydrogen-bond donors (Lipinski definition) is 1. The summed E-state index contributed by atoms with van der Waals surface area (Å²) in [6.07, 6.45) is 0.675. The minimum atomic E-state index is -3.38. The number of sulfonamides is 1. The van der Waals surface area contributed by atoms with Gasteiger partial charge in [0.1, 0.15) is 0 Å². The number of benzene rings is 1. The fourth-order valence-corrected chi connectivity index (χ4v) is 3.92. The number of ether oxygens (including phenoxy) is 1. The summed E-state index contributed by atoms with van der Waals surface area (Å²) < 4.78 is 31.7. The third kappa shape index (κ3) is 3.08. The van der Waals surface area contributed by atoms with Crippen molar-refractivity contribution >= 4 is 15.7 Å². The van der Waals surface area contributed by atoms with E-state index < -0.39 is 10.0 Å². The van der Waals surface area contributed by atoms with E-state index in [2.05, 4.69) is 0 Å². The molecule has 0 aliphatic carbocycles. The predicted octanol–water partition coefficient (Wildman–Crippen LogP) is 1.21. The third-order valence-electron chi connectivity index (χ3n) is 3.64. The zero-order chi connectivity index (χ0) is 14.0. The SMILES string of the molecule is CC1OCCC1N(C)S(=O)(=O)Cc1ccccc1N. The molecule has 5 nitrogen and oxygen atoms in total. The molecule has 1 aliphatic rings. The Labute approximate surface area is 114 Å². The van der Waals surface area contributed by atoms with Gasteiger partial charge in [-0.05, 0) is 25.0 Å². The zero-order valence-corrected chi connectivity index (χ0v) is 12.1. The Bertz CT molecular complexity index is 545. The van der Waals surface area contributed by atoms with Gasteiger partial charge in [-0.3, -0.25) is 0 Å². The molecule has 6 heteroatoms. The highest BCUT2D eigenvalue weighted by molar-refractivity contribution is 7.88. The van der Waals surface area contributed by atoms with Crippen molar-refractivity contribution < 1.29 is 13.2 Å². The molecular weight excluding hydrogens is 264 g/mol. The molecule has 2 unspecified atom stereocenters. The Morgan fingerprint density at radius 3 is 2.68 bits per heavy atom. The molecule has 0 bridgehead atoms. The van der Waals surface area contributed by atoms with E-state index in [0.717, 1.165) is 6.42 Å². The first-order chi connectivity index (χ1) is 8.92. The first-order valence-corrected chi connectivity index (χ1v) is 7.93. The average Bonchev–Trinajstić information content (AvgIpc) is 2.77. The third-order valence-corrected chi connectivity index (χ3v) is 5.46. The van der Waals surface area contributed by atoms with Gasteiger partial charge in [-0.2, -0.15) is 4.31 Å². The van der Waals surface area contributed by atoms with Crippen LogP contribution in [-0.2, 0) is 20.5 Å². The van der Waals surface area contributed by atoms with E-state index in [1.165, 1.54) is 4.31 Å². The lowest BCUT2D eigenvalue weighted by Gasteiger charge is -2.26. The fourth-order valence-electron chi connectivity index (χ4n) is 2.37. The van der Waals surface area contributed by atoms with Crippen molar-refractivity contribution in [3.63, 3.8) is 0 Å². The van der Waals surface area contributed by atoms with Crippen molar-refractivity contribution in [2.45, 2.75) is 31.2 Å². The van der Waals surface area contributed by atoms with Crippen molar-refractivity contribution in [3.8, 4) is 0 Å². The van der Waals surface area contributed by atoms with Crippen LogP contribution >= 0.6 is 0 Å². The second-order valence-electron chi connectivity index (χ2n) is 4.90. The Hall–Kier alpha value is -1.11. The first kappa shape index (κ1) is 14.3. The number of likely N-dealkylation sites (N-methyl/N-ethyl adjacent to an activating group) is 1. The van der Waals surface area contributed by atoms with Gasteiger partial charge in [-0.15, -0.1) is 0 Å². The first-order valence-electron chi connectivity index (χ1n) is 6.32. The summed E-state index contributed by atoms with van der Waals surface area (Å²) in [7, 11) is -1.76. The molecule has 2 rings (SSSR count). The number of para-hydroxylation sites is 1. The van der Waals surface area contributed by atoms with E-state index in [4.69, 9.17) is 10.5 Å². The summed E-state index contributed by atoms with van der Waals surface area (Å²) in [5.74, 6) is -0.0700. The van der Waals surface area contributed by atoms with Crippen LogP contribution in [0.1, 0.15) is 18.9 Å². The van der Waals surface area contributed by atoms with Gasteiger partial charge < -0.3 is 10.5 Å². The highest BCUT2D eigenvalue weighted by Gasteiger charge is 2.34. The number of nitrogens with two attached hydrogens (primary N) is 1. The van der Waals surface area contributed by atoms with Crippen molar-refractivity contribution in [2.75, 3.05) is 19.4 Å². The standard InChI is InChI=1S/C13H20N2O3S/c1-10-13(7-8-18-10)15(2)19(16,17)9-11-5-3-4-6-12(11)14/h3-6,10,13H,7-9,14H2,1-2H3. The van der Waals surface area contributed by atoms with Gasteiger partial charge in [-0.1, -0.05) is 18.2 Å². The molecule has 0 radical (unpaired) electrons. The summed E-state index contributed by atoms with van der Waals surface area (Å²) in [5.41, 5.74) is 6.95. The molecule has 2 N–H and O–H groups in total. The van der Waals surface area contributed by atoms with Crippen molar-refractivity contribution in [3.05, 3.63) is 29.8 Å². The van der Waals surface area contributed by atoms with Crippen molar-refractivity contribution in [1.29, 1.82) is 0 Å². The molecule has 106 valence electrons. The highest BCUT2D eigenvalue weighted by atomic mass is 32.2. The number of nitrogens with zero attached hydrogens (tertiary/aromatic N) is 1. The molecule has 1 aromatic carbocycles. The molecule has 2 atom stereocenters. The molecule has 1 aromatic rings. The monoisotopic (exact) mass is 284 g/mol. The summed E-state index contributed by atoms with van der Waals surface area (Å²) in [5, 5.41) is 0. The number of nitrogen functional groups attached to an aromatic ring is 1. The average molecular weight is 284 g/mol. The van der Waals surface area contributed by atoms with Crippen LogP contribution < -0.4 is 5.73 Å². The maximum absolute atomic E-state index is 12.4. The van der Waals surface area contributed by atoms with Crippen molar-refractivity contribution in [2.24, 2.45) is 0 Å². The maximum Gasteiger partial charge on any atom is 0.218 e. The van der Waals surface area contributed by atoms with Crippen LogP contribution in [0.25, 0.3) is 0 Å². The van der Waals surface area contributed by atoms with Crippen LogP contribution in [0, 0.1) is 0 Å². The molecule has 1 fully saturated rings. The Morgan fingerprint density at radius 2 is 2.11 bits per heavy atom. The van der Waals surface area contributed by atoms with E-state index in [1.54, 1.807) is 31.3 Å². The summed E-state index contributed by atoms with van der Waals surface area (Å²) in [4.78, 5) is 0. The molecule has 19 heavy (non-hydrogen) atoms. The van der Waals surface area contributed by atoms with Crippen LogP contribution in [0.5, 0.6) is 0 Å². The molecule has 0 aromatic heterocycles. The minimum Gasteiger partial charge on any atom is -0.398 e. The highest BCUT2D eigenvalue weighted by Crippen LogP contribution is 2.23. The van der Waals surface area contributed by atoms with Gasteiger partial charge >= 0.3 is 0 Å². The van der Waals surface area contributed by atoms with Gasteiger partial charge in [0.25, 0.3) is 0 Å². The summed E-state index contributed by atoms with van der Waals surface area (Å²) in [6.45, 7) is 2.51. The van der Waals surface area contributed by atoms with Gasteiger partial charge in [0.2, 0.25) is 10.0 Å². The summed E-state index contributed by atoms with van der Waals surface area (Å²) in [6, 6.07) is 6.96. The number of anilines is 1. The van der Waals surface area contributed by atoms with E-state index in [9.17, 15) is 8.42 Å². The van der Waals surface area contributed by atoms with Crippen LogP contribution in [-0.4, -0.2) is 38.5 Å². The van der Waals surface area contributed by atoms with Gasteiger partial charge in [-0.25, -0.2) is 8.42 Å². The Morgan fingerprint density at radius 1 is 1.42 bits per heavy atom. The van der Waals surface area contributed by atoms with Crippen LogP contribution in [0.15, 0.2) is 24.3 Å². The topological polar surface area (TPSA) is 72.6 Å². The molecule has 1 heterocycles. The fraction of sp³-hybridized carbons (Fsp3) is 0.538. The minimum absolute atomic E-state index is 0.0621. The quantitative estimate of drug-likeness (QED) is 0.843. The van der Waals surface area contributed by atoms with E-state index in [0.29, 0.717) is 17.9 Å². The van der Waals surface area contributed by atoms with Gasteiger partial charge in [0.05, 0.1) is 17.9 Å². The largest absolute Gasteiger partial charge is 0.398 e. The van der Waals surface area contributed by atoms with Crippen LogP contribution in [0.4, 0.5) is 5.69 Å². The lowest BCUT2D eigenvalue weighted by molar-refractivity contribution is 0.102. The smallest absolute Gasteiger partial charge is 0.218 e. The Kier molecular flexibility index (Phi) is 4.13. The van der Waals surface area contributed by atoms with Gasteiger partial charge in [0.15, 0.2) is 0 Å². The zero-order valence-electron chi connectivity index (χ0n) is 11.2. The lowest BCUT2D eigenvalue weighted by Crippen LogP contribution is -2.41. The second-order valence-corrected chi connectivity index (χ2v) is 6.93. The lowest BCUT2D eigenvalue weighted by atomic mass is 10.2. The van der Waals surface area contributed by atoms with Crippen LogP contribution in [0.3, 0.4) is 0 Å². The molecule has 1 aliphatic heterocycles. The Balaban J connectivity index is 2.16. The molecule has 0 saturated carbocycles. The molecule has 0 spiro atoms. The van der Waals surface area contributed by atoms with Crippen molar-refractivity contribution in [1.82, 2.24) is 4.31 Å². The predicted molar refractivity (Wildman–Crippen MR) is 75.1 cm³/mol. The van der Waals surface area contributed by atoms with Gasteiger partial charge in [0, 0.05) is 19.3 Å². The molecule has 1 saturated heterocycles. The maximum atomic E-state index is 12.4.